The van der Waals surface area contributed by atoms with Crippen LogP contribution in [0.15, 0.2) is 54.7 Å². The lowest BCUT2D eigenvalue weighted by Crippen LogP contribution is -2.23. The first-order chi connectivity index (χ1) is 18.9. The molecule has 2 heterocycles. The van der Waals surface area contributed by atoms with Crippen LogP contribution in [0.4, 0.5) is 5.82 Å². The van der Waals surface area contributed by atoms with E-state index in [9.17, 15) is 10.1 Å². The fraction of sp³-hybridized carbons (Fsp3) is 0.333. The average molecular weight is 524 g/mol. The first kappa shape index (κ1) is 27.5. The van der Waals surface area contributed by atoms with Crippen molar-refractivity contribution in [3.8, 4) is 17.2 Å². The molecule has 0 unspecified atom stereocenters. The van der Waals surface area contributed by atoms with Gasteiger partial charge in [-0.3, -0.25) is 14.8 Å². The molecular formula is C30H33N7O2. The lowest BCUT2D eigenvalue weighted by atomic mass is 9.89. The first-order valence-electron chi connectivity index (χ1n) is 13.0. The molecule has 2 aromatic heterocycles. The number of nitrogens with one attached hydrogen (secondary N) is 3. The average Bonchev–Trinajstić information content (AvgIpc) is 3.76. The molecule has 9 heteroatoms. The Balaban J connectivity index is 1.64. The van der Waals surface area contributed by atoms with Crippen LogP contribution in [0, 0.1) is 16.7 Å². The summed E-state index contributed by atoms with van der Waals surface area (Å²) in [5.41, 5.74) is 4.87. The quantitative estimate of drug-likeness (QED) is 0.237. The molecule has 0 radical (unpaired) electrons. The van der Waals surface area contributed by atoms with Crippen LogP contribution in [0.3, 0.4) is 0 Å². The molecule has 0 amide bonds. The predicted octanol–water partition coefficient (Wildman–Crippen LogP) is 4.97. The molecule has 0 atom stereocenters. The molecule has 0 spiro atoms. The lowest BCUT2D eigenvalue weighted by Gasteiger charge is -2.17. The zero-order valence-corrected chi connectivity index (χ0v) is 22.7. The molecule has 9 nitrogen and oxygen atoms in total. The third-order valence-corrected chi connectivity index (χ3v) is 6.86. The Morgan fingerprint density at radius 2 is 2.03 bits per heavy atom. The molecule has 0 aliphatic heterocycles. The second-order valence-electron chi connectivity index (χ2n) is 9.73. The van der Waals surface area contributed by atoms with Gasteiger partial charge in [-0.05, 0) is 48.4 Å². The maximum absolute atomic E-state index is 12.6. The summed E-state index contributed by atoms with van der Waals surface area (Å²) in [4.78, 5) is 26.1. The highest BCUT2D eigenvalue weighted by Crippen LogP contribution is 2.50. The molecule has 1 aromatic carbocycles. The van der Waals surface area contributed by atoms with Crippen LogP contribution in [0.5, 0.6) is 0 Å². The number of esters is 1. The van der Waals surface area contributed by atoms with Crippen molar-refractivity contribution in [3.05, 3.63) is 77.3 Å². The van der Waals surface area contributed by atoms with Gasteiger partial charge in [-0.1, -0.05) is 38.1 Å². The summed E-state index contributed by atoms with van der Waals surface area (Å²) in [5.74, 6) is 1.17. The maximum Gasteiger partial charge on any atom is 0.316 e. The number of rotatable bonds is 11. The number of aromatic nitrogens is 3. The van der Waals surface area contributed by atoms with E-state index in [0.717, 1.165) is 40.8 Å². The Kier molecular flexibility index (Phi) is 8.35. The smallest absolute Gasteiger partial charge is 0.316 e. The van der Waals surface area contributed by atoms with Crippen LogP contribution in [-0.2, 0) is 21.4 Å². The Hall–Kier alpha value is -4.58. The maximum atomic E-state index is 12.6. The minimum atomic E-state index is -0.597. The summed E-state index contributed by atoms with van der Waals surface area (Å²) >= 11 is 0. The lowest BCUT2D eigenvalue weighted by molar-refractivity contribution is -0.146. The number of carbonyl (C=O) groups is 1. The number of benzene rings is 1. The van der Waals surface area contributed by atoms with Gasteiger partial charge in [0.25, 0.3) is 0 Å². The Morgan fingerprint density at radius 3 is 2.62 bits per heavy atom. The molecule has 1 fully saturated rings. The minimum Gasteiger partial charge on any atom is -0.465 e. The van der Waals surface area contributed by atoms with Gasteiger partial charge in [0.15, 0.2) is 0 Å². The van der Waals surface area contributed by atoms with Gasteiger partial charge < -0.3 is 20.8 Å². The number of pyridine rings is 1. The number of carbonyl (C=O) groups excluding carboxylic acids is 1. The van der Waals surface area contributed by atoms with Gasteiger partial charge in [-0.15, -0.1) is 0 Å². The summed E-state index contributed by atoms with van der Waals surface area (Å²) in [5, 5.41) is 23.9. The number of anilines is 1. The summed E-state index contributed by atoms with van der Waals surface area (Å²) in [7, 11) is 1.76. The molecule has 1 aliphatic carbocycles. The van der Waals surface area contributed by atoms with E-state index < -0.39 is 5.41 Å². The predicted molar refractivity (Wildman–Crippen MR) is 151 cm³/mol. The van der Waals surface area contributed by atoms with Crippen molar-refractivity contribution in [2.75, 3.05) is 19.0 Å². The van der Waals surface area contributed by atoms with E-state index in [0.29, 0.717) is 29.5 Å². The summed E-state index contributed by atoms with van der Waals surface area (Å²) in [6, 6.07) is 11.9. The number of allylic oxidation sites excluding steroid dienone is 1. The second kappa shape index (κ2) is 11.9. The van der Waals surface area contributed by atoms with Gasteiger partial charge in [-0.2, -0.15) is 5.26 Å². The molecular weight excluding hydrogens is 490 g/mol. The van der Waals surface area contributed by atoms with Crippen molar-refractivity contribution in [2.24, 2.45) is 0 Å². The van der Waals surface area contributed by atoms with Crippen LogP contribution in [0.25, 0.3) is 16.7 Å². The number of nitrogens with zero attached hydrogens (tertiary/aromatic N) is 4. The van der Waals surface area contributed by atoms with E-state index in [1.54, 1.807) is 25.6 Å². The van der Waals surface area contributed by atoms with E-state index in [1.807, 2.05) is 37.3 Å². The summed E-state index contributed by atoms with van der Waals surface area (Å²) in [6.45, 7) is 6.26. The highest BCUT2D eigenvalue weighted by molar-refractivity contribution is 6.09. The molecule has 3 N–H and O–H groups in total. The van der Waals surface area contributed by atoms with Gasteiger partial charge in [0.05, 0.1) is 47.7 Å². The fourth-order valence-corrected chi connectivity index (χ4v) is 4.51. The van der Waals surface area contributed by atoms with Crippen LogP contribution in [0.2, 0.25) is 0 Å². The number of nitriles is 1. The molecule has 0 bridgehead atoms. The van der Waals surface area contributed by atoms with Crippen LogP contribution >= 0.6 is 0 Å². The summed E-state index contributed by atoms with van der Waals surface area (Å²) in [6.07, 6.45) is 8.06. The SMILES string of the molecule is CCOC(=O)C1(c2ccc(-c3ccc(/C(C=N)=C(/NC)Nc4cncc(C(C)C)n4)nc3)c(CC#N)c2)CC1. The van der Waals surface area contributed by atoms with Crippen LogP contribution in [-0.4, -0.2) is 40.8 Å². The van der Waals surface area contributed by atoms with Gasteiger partial charge in [0.2, 0.25) is 0 Å². The third kappa shape index (κ3) is 5.80. The van der Waals surface area contributed by atoms with Gasteiger partial charge >= 0.3 is 5.97 Å². The minimum absolute atomic E-state index is 0.200. The topological polar surface area (TPSA) is 137 Å². The largest absolute Gasteiger partial charge is 0.465 e. The van der Waals surface area contributed by atoms with Crippen molar-refractivity contribution in [1.29, 1.82) is 10.7 Å². The standard InChI is InChI=1S/C30H33N7O2/c1-5-39-29(38)30(11-12-30)22-7-8-23(20(14-22)10-13-31)21-6-9-25(35-16-21)24(15-32)28(33-4)37-27-18-34-17-26(36-27)19(2)3/h6-9,14-19,32-33H,5,10-12H2,1-4H3,(H,36,37)/b28-24-,32-15?. The highest BCUT2D eigenvalue weighted by atomic mass is 16.5. The van der Waals surface area contributed by atoms with Crippen LogP contribution in [0.1, 0.15) is 62.0 Å². The van der Waals surface area contributed by atoms with Crippen molar-refractivity contribution < 1.29 is 9.53 Å². The molecule has 0 saturated heterocycles. The summed E-state index contributed by atoms with van der Waals surface area (Å²) < 4.78 is 5.31. The number of ether oxygens (including phenoxy) is 1. The molecule has 1 aliphatic rings. The molecule has 4 rings (SSSR count). The molecule has 39 heavy (non-hydrogen) atoms. The van der Waals surface area contributed by atoms with E-state index in [-0.39, 0.29) is 18.3 Å². The Bertz CT molecular complexity index is 1430. The first-order valence-corrected chi connectivity index (χ1v) is 13.0. The van der Waals surface area contributed by atoms with E-state index in [2.05, 4.69) is 45.5 Å². The highest BCUT2D eigenvalue weighted by Gasteiger charge is 2.52. The zero-order chi connectivity index (χ0) is 28.0. The molecule has 200 valence electrons. The van der Waals surface area contributed by atoms with Crippen molar-refractivity contribution in [3.63, 3.8) is 0 Å². The molecule has 3 aromatic rings. The van der Waals surface area contributed by atoms with Crippen molar-refractivity contribution >= 4 is 23.6 Å². The molecule has 1 saturated carbocycles. The van der Waals surface area contributed by atoms with Gasteiger partial charge in [0, 0.05) is 31.2 Å². The van der Waals surface area contributed by atoms with E-state index in [1.165, 1.54) is 6.21 Å². The number of hydrogen-bond acceptors (Lipinski definition) is 9. The Labute approximate surface area is 228 Å². The second-order valence-corrected chi connectivity index (χ2v) is 9.73. The van der Waals surface area contributed by atoms with Crippen molar-refractivity contribution in [1.82, 2.24) is 20.3 Å². The normalized spacial score (nSPS) is 14.2. The van der Waals surface area contributed by atoms with E-state index >= 15 is 0 Å². The Morgan fingerprint density at radius 1 is 1.23 bits per heavy atom. The third-order valence-electron chi connectivity index (χ3n) is 6.86. The fourth-order valence-electron chi connectivity index (χ4n) is 4.51. The van der Waals surface area contributed by atoms with Crippen LogP contribution < -0.4 is 10.6 Å². The van der Waals surface area contributed by atoms with Gasteiger partial charge in [0.1, 0.15) is 11.6 Å². The van der Waals surface area contributed by atoms with E-state index in [4.69, 9.17) is 10.1 Å². The van der Waals surface area contributed by atoms with Crippen molar-refractivity contribution in [2.45, 2.75) is 51.4 Å². The number of hydrogen-bond donors (Lipinski definition) is 3. The van der Waals surface area contributed by atoms with Gasteiger partial charge in [-0.25, -0.2) is 4.98 Å². The zero-order valence-electron chi connectivity index (χ0n) is 22.7. The monoisotopic (exact) mass is 523 g/mol.